The van der Waals surface area contributed by atoms with Crippen LogP contribution < -0.4 is 0 Å². The van der Waals surface area contributed by atoms with Crippen LogP contribution in [0, 0.1) is 6.57 Å². The van der Waals surface area contributed by atoms with E-state index in [9.17, 15) is 0 Å². The summed E-state index contributed by atoms with van der Waals surface area (Å²) in [6, 6.07) is 50.2. The Morgan fingerprint density at radius 3 is 1.64 bits per heavy atom. The van der Waals surface area contributed by atoms with Crippen molar-refractivity contribution in [2.75, 3.05) is 0 Å². The summed E-state index contributed by atoms with van der Waals surface area (Å²) in [5.41, 5.74) is 11.5. The van der Waals surface area contributed by atoms with Crippen molar-refractivity contribution in [2.45, 2.75) is 0 Å². The first kappa shape index (κ1) is 25.7. The Morgan fingerprint density at radius 1 is 0.447 bits per heavy atom. The van der Waals surface area contributed by atoms with E-state index in [1.54, 1.807) is 0 Å². The summed E-state index contributed by atoms with van der Waals surface area (Å²) < 4.78 is 15.2. The van der Waals surface area contributed by atoms with Gasteiger partial charge in [-0.2, -0.15) is 0 Å². The highest BCUT2D eigenvalue weighted by Crippen LogP contribution is 2.43. The van der Waals surface area contributed by atoms with Gasteiger partial charge in [0.25, 0.3) is 0 Å². The smallest absolute Gasteiger partial charge is 0.188 e. The van der Waals surface area contributed by atoms with Crippen LogP contribution in [0.4, 0.5) is 5.69 Å². The molecule has 10 rings (SSSR count). The molecule has 0 saturated heterocycles. The molecular formula is C43H24N2O2. The molecule has 0 radical (unpaired) electrons. The highest BCUT2D eigenvalue weighted by Gasteiger charge is 2.20. The minimum Gasteiger partial charge on any atom is -0.456 e. The van der Waals surface area contributed by atoms with E-state index in [4.69, 9.17) is 15.4 Å². The molecule has 10 aromatic rings. The maximum absolute atomic E-state index is 7.85. The molecule has 4 heteroatoms. The maximum atomic E-state index is 7.85. The molecule has 0 aliphatic rings. The van der Waals surface area contributed by atoms with Crippen molar-refractivity contribution in [3.63, 3.8) is 0 Å². The normalized spacial score (nSPS) is 11.8. The molecule has 7 aromatic carbocycles. The first-order chi connectivity index (χ1) is 23.2. The first-order valence-corrected chi connectivity index (χ1v) is 15.6. The Morgan fingerprint density at radius 2 is 1.00 bits per heavy atom. The van der Waals surface area contributed by atoms with Crippen LogP contribution >= 0.6 is 0 Å². The van der Waals surface area contributed by atoms with Gasteiger partial charge in [-0.25, -0.2) is 4.85 Å². The number of hydrogen-bond donors (Lipinski definition) is 0. The second kappa shape index (κ2) is 9.71. The van der Waals surface area contributed by atoms with Crippen LogP contribution in [0.5, 0.6) is 0 Å². The highest BCUT2D eigenvalue weighted by atomic mass is 16.3. The number of nitrogens with zero attached hydrogens (tertiary/aromatic N) is 2. The third-order valence-corrected chi connectivity index (χ3v) is 9.41. The average Bonchev–Trinajstić information content (AvgIpc) is 3.80. The first-order valence-electron chi connectivity index (χ1n) is 15.6. The summed E-state index contributed by atoms with van der Waals surface area (Å²) in [6.07, 6.45) is 0. The lowest BCUT2D eigenvalue weighted by Gasteiger charge is -2.15. The van der Waals surface area contributed by atoms with Crippen LogP contribution in [0.15, 0.2) is 154 Å². The summed E-state index contributed by atoms with van der Waals surface area (Å²) in [5.74, 6) is 0. The van der Waals surface area contributed by atoms with Crippen LogP contribution in [0.3, 0.4) is 0 Å². The zero-order chi connectivity index (χ0) is 31.1. The largest absolute Gasteiger partial charge is 0.456 e. The summed E-state index contributed by atoms with van der Waals surface area (Å²) in [5, 5.41) is 6.54. The third-order valence-electron chi connectivity index (χ3n) is 9.41. The van der Waals surface area contributed by atoms with Gasteiger partial charge in [0.05, 0.1) is 23.3 Å². The Hall–Kier alpha value is -6.57. The minimum atomic E-state index is 0.596. The van der Waals surface area contributed by atoms with E-state index in [1.165, 1.54) is 10.8 Å². The maximum Gasteiger partial charge on any atom is 0.188 e. The lowest BCUT2D eigenvalue weighted by Crippen LogP contribution is -1.97. The molecule has 4 nitrogen and oxygen atoms in total. The van der Waals surface area contributed by atoms with Crippen LogP contribution in [-0.2, 0) is 0 Å². The number of para-hydroxylation sites is 2. The van der Waals surface area contributed by atoms with Gasteiger partial charge >= 0.3 is 0 Å². The van der Waals surface area contributed by atoms with Gasteiger partial charge in [0.15, 0.2) is 5.69 Å². The number of furan rings is 2. The minimum absolute atomic E-state index is 0.596. The second-order valence-electron chi connectivity index (χ2n) is 12.0. The van der Waals surface area contributed by atoms with Crippen molar-refractivity contribution in [2.24, 2.45) is 0 Å². The fourth-order valence-corrected chi connectivity index (χ4v) is 7.31. The number of fused-ring (bicyclic) bond motifs is 10. The van der Waals surface area contributed by atoms with Crippen LogP contribution in [0.2, 0.25) is 0 Å². The fourth-order valence-electron chi connectivity index (χ4n) is 7.31. The lowest BCUT2D eigenvalue weighted by molar-refractivity contribution is 0.663. The molecule has 0 bridgehead atoms. The van der Waals surface area contributed by atoms with Crippen molar-refractivity contribution in [1.82, 2.24) is 4.57 Å². The molecule has 3 aromatic heterocycles. The summed E-state index contributed by atoms with van der Waals surface area (Å²) in [6.45, 7) is 7.85. The number of aromatic nitrogens is 1. The van der Waals surface area contributed by atoms with Crippen molar-refractivity contribution in [3.05, 3.63) is 157 Å². The second-order valence-corrected chi connectivity index (χ2v) is 12.0. The molecule has 3 heterocycles. The average molecular weight is 601 g/mol. The molecule has 0 spiro atoms. The molecule has 0 aliphatic heterocycles. The molecule has 47 heavy (non-hydrogen) atoms. The van der Waals surface area contributed by atoms with Gasteiger partial charge in [-0.05, 0) is 82.9 Å². The van der Waals surface area contributed by atoms with Crippen LogP contribution in [0.25, 0.3) is 98.5 Å². The predicted octanol–water partition coefficient (Wildman–Crippen LogP) is 12.5. The summed E-state index contributed by atoms with van der Waals surface area (Å²) >= 11 is 0. The van der Waals surface area contributed by atoms with E-state index in [0.717, 1.165) is 82.9 Å². The van der Waals surface area contributed by atoms with E-state index in [2.05, 4.69) is 119 Å². The van der Waals surface area contributed by atoms with Crippen LogP contribution in [-0.4, -0.2) is 4.57 Å². The van der Waals surface area contributed by atoms with E-state index >= 15 is 0 Å². The fraction of sp³-hybridized carbons (Fsp3) is 0. The van der Waals surface area contributed by atoms with E-state index < -0.39 is 0 Å². The van der Waals surface area contributed by atoms with Crippen molar-refractivity contribution in [3.8, 4) is 27.9 Å². The van der Waals surface area contributed by atoms with E-state index in [-0.39, 0.29) is 0 Å². The highest BCUT2D eigenvalue weighted by molar-refractivity contribution is 6.26. The van der Waals surface area contributed by atoms with Crippen molar-refractivity contribution >= 4 is 71.4 Å². The molecule has 0 N–H and O–H groups in total. The van der Waals surface area contributed by atoms with Crippen LogP contribution in [0.1, 0.15) is 0 Å². The molecule has 0 fully saturated rings. The number of benzene rings is 7. The Kier molecular flexibility index (Phi) is 5.32. The van der Waals surface area contributed by atoms with Crippen molar-refractivity contribution in [1.29, 1.82) is 0 Å². The Bertz CT molecular complexity index is 2860. The standard InChI is InChI=1S/C43H24N2O2/c1-44-29-17-18-37(45-35-13-7-5-11-30(35)31-12-6-8-14-36(31)45)32(25-29)28-16-20-39-34(24-28)43-41(47-39)22-21-40-42(43)33-23-27(15-19-38(33)46-40)26-9-3-2-4-10-26/h2-25H. The number of hydrogen-bond acceptors (Lipinski definition) is 2. The Balaban J connectivity index is 1.26. The van der Waals surface area contributed by atoms with Gasteiger partial charge < -0.3 is 13.4 Å². The third kappa shape index (κ3) is 3.75. The monoisotopic (exact) mass is 600 g/mol. The number of rotatable bonds is 3. The zero-order valence-corrected chi connectivity index (χ0v) is 25.1. The van der Waals surface area contributed by atoms with Gasteiger partial charge in [0.1, 0.15) is 22.3 Å². The quantitative estimate of drug-likeness (QED) is 0.189. The lowest BCUT2D eigenvalue weighted by atomic mass is 9.98. The molecule has 0 amide bonds. The molecule has 0 unspecified atom stereocenters. The van der Waals surface area contributed by atoms with Gasteiger partial charge in [-0.3, -0.25) is 0 Å². The zero-order valence-electron chi connectivity index (χ0n) is 25.1. The summed E-state index contributed by atoms with van der Waals surface area (Å²) in [7, 11) is 0. The van der Waals surface area contributed by atoms with Gasteiger partial charge in [0.2, 0.25) is 0 Å². The molecule has 0 aliphatic carbocycles. The SMILES string of the molecule is [C-]#[N+]c1ccc(-n2c3ccccc3c3ccccc32)c(-c2ccc3oc4ccc5oc6ccc(-c7ccccc7)cc6c5c4c3c2)c1. The Labute approximate surface area is 269 Å². The molecule has 0 atom stereocenters. The van der Waals surface area contributed by atoms with Crippen molar-refractivity contribution < 1.29 is 8.83 Å². The molecule has 0 saturated carbocycles. The van der Waals surface area contributed by atoms with Gasteiger partial charge in [0, 0.05) is 32.3 Å². The van der Waals surface area contributed by atoms with Gasteiger partial charge in [-0.15, -0.1) is 0 Å². The molecule has 218 valence electrons. The van der Waals surface area contributed by atoms with E-state index in [0.29, 0.717) is 5.69 Å². The van der Waals surface area contributed by atoms with Gasteiger partial charge in [-0.1, -0.05) is 84.9 Å². The molecular weight excluding hydrogens is 576 g/mol. The summed E-state index contributed by atoms with van der Waals surface area (Å²) in [4.78, 5) is 3.82. The van der Waals surface area contributed by atoms with E-state index in [1.807, 2.05) is 36.4 Å². The predicted molar refractivity (Wildman–Crippen MR) is 192 cm³/mol. The topological polar surface area (TPSA) is 35.6 Å².